The maximum absolute atomic E-state index is 14.1. The van der Waals surface area contributed by atoms with Crippen LogP contribution in [-0.4, -0.2) is 4.98 Å². The van der Waals surface area contributed by atoms with Crippen LogP contribution in [0.2, 0.25) is 0 Å². The van der Waals surface area contributed by atoms with Crippen LogP contribution in [0, 0.1) is 0 Å². The molecule has 0 saturated heterocycles. The van der Waals surface area contributed by atoms with Crippen LogP contribution in [-0.2, 0) is 5.67 Å². The lowest BCUT2D eigenvalue weighted by Gasteiger charge is -2.21. The molecule has 1 rings (SSSR count). The van der Waals surface area contributed by atoms with E-state index in [1.165, 1.54) is 0 Å². The monoisotopic (exact) mass is 245 g/mol. The van der Waals surface area contributed by atoms with Crippen LogP contribution in [0.3, 0.4) is 0 Å². The molecule has 0 aliphatic heterocycles. The summed E-state index contributed by atoms with van der Waals surface area (Å²) in [4.78, 5) is 4.02. The summed E-state index contributed by atoms with van der Waals surface area (Å²) in [6.45, 7) is 3.71. The highest BCUT2D eigenvalue weighted by atomic mass is 79.9. The molecule has 0 N–H and O–H groups in total. The van der Waals surface area contributed by atoms with Crippen LogP contribution in [0.4, 0.5) is 4.39 Å². The third-order valence-electron chi connectivity index (χ3n) is 2.37. The molecular formula is C10H13BrFN. The second-order valence-electron chi connectivity index (χ2n) is 3.04. The summed E-state index contributed by atoms with van der Waals surface area (Å²) in [5, 5.41) is 0. The molecule has 1 aromatic heterocycles. The molecule has 0 amide bonds. The maximum Gasteiger partial charge on any atom is 0.137 e. The Morgan fingerprint density at radius 3 is 2.38 bits per heavy atom. The smallest absolute Gasteiger partial charge is 0.137 e. The molecule has 0 radical (unpaired) electrons. The molecule has 0 aliphatic carbocycles. The second kappa shape index (κ2) is 4.18. The van der Waals surface area contributed by atoms with Gasteiger partial charge in [0.25, 0.3) is 0 Å². The van der Waals surface area contributed by atoms with Crippen LogP contribution >= 0.6 is 15.9 Å². The van der Waals surface area contributed by atoms with E-state index in [1.807, 2.05) is 13.8 Å². The summed E-state index contributed by atoms with van der Waals surface area (Å²) in [5.41, 5.74) is -0.547. The van der Waals surface area contributed by atoms with Gasteiger partial charge in [-0.25, -0.2) is 9.37 Å². The minimum absolute atomic E-state index is 0.493. The summed E-state index contributed by atoms with van der Waals surface area (Å²) in [5.74, 6) is 0. The Bertz CT molecular complexity index is 267. The molecule has 0 atom stereocenters. The lowest BCUT2D eigenvalue weighted by Crippen LogP contribution is -2.17. The summed E-state index contributed by atoms with van der Waals surface area (Å²) in [6.07, 6.45) is 2.58. The van der Waals surface area contributed by atoms with E-state index in [0.29, 0.717) is 18.4 Å². The fraction of sp³-hybridized carbons (Fsp3) is 0.500. The Morgan fingerprint density at radius 1 is 1.38 bits per heavy atom. The number of pyridine rings is 1. The quantitative estimate of drug-likeness (QED) is 0.738. The van der Waals surface area contributed by atoms with Crippen LogP contribution in [0.25, 0.3) is 0 Å². The molecule has 0 fully saturated rings. The van der Waals surface area contributed by atoms with Gasteiger partial charge in [-0.15, -0.1) is 0 Å². The summed E-state index contributed by atoms with van der Waals surface area (Å²) < 4.78 is 14.8. The molecule has 0 aliphatic rings. The van der Waals surface area contributed by atoms with Gasteiger partial charge in [0.15, 0.2) is 0 Å². The maximum atomic E-state index is 14.1. The number of hydrogen-bond acceptors (Lipinski definition) is 1. The minimum Gasteiger partial charge on any atom is -0.249 e. The Morgan fingerprint density at radius 2 is 2.00 bits per heavy atom. The van der Waals surface area contributed by atoms with Crippen molar-refractivity contribution in [1.82, 2.24) is 4.98 Å². The molecule has 1 nitrogen and oxygen atoms in total. The fourth-order valence-electron chi connectivity index (χ4n) is 1.30. The number of rotatable bonds is 3. The van der Waals surface area contributed by atoms with Crippen LogP contribution in [0.1, 0.15) is 32.3 Å². The van der Waals surface area contributed by atoms with Gasteiger partial charge in [-0.1, -0.05) is 19.9 Å². The average Bonchev–Trinajstić information content (AvgIpc) is 2.18. The zero-order valence-corrected chi connectivity index (χ0v) is 9.44. The zero-order valence-electron chi connectivity index (χ0n) is 7.85. The average molecular weight is 246 g/mol. The summed E-state index contributed by atoms with van der Waals surface area (Å²) >= 11 is 3.22. The molecule has 13 heavy (non-hydrogen) atoms. The van der Waals surface area contributed by atoms with Crippen LogP contribution < -0.4 is 0 Å². The van der Waals surface area contributed by atoms with Crippen molar-refractivity contribution in [2.75, 3.05) is 0 Å². The fourth-order valence-corrected chi connectivity index (χ4v) is 1.53. The highest BCUT2D eigenvalue weighted by molar-refractivity contribution is 9.10. The van der Waals surface area contributed by atoms with Crippen molar-refractivity contribution in [1.29, 1.82) is 0 Å². The Labute approximate surface area is 86.5 Å². The van der Waals surface area contributed by atoms with E-state index >= 15 is 0 Å². The number of halogens is 2. The number of nitrogens with zero attached hydrogens (tertiary/aromatic N) is 1. The van der Waals surface area contributed by atoms with E-state index in [4.69, 9.17) is 0 Å². The van der Waals surface area contributed by atoms with Crippen molar-refractivity contribution < 1.29 is 4.39 Å². The lowest BCUT2D eigenvalue weighted by atomic mass is 9.92. The van der Waals surface area contributed by atoms with E-state index in [0.717, 1.165) is 4.60 Å². The molecule has 0 unspecified atom stereocenters. The molecule has 72 valence electrons. The molecule has 0 bridgehead atoms. The van der Waals surface area contributed by atoms with Gasteiger partial charge in [-0.05, 0) is 34.8 Å². The Hall–Kier alpha value is -0.440. The Kier molecular flexibility index (Phi) is 3.42. The first-order valence-corrected chi connectivity index (χ1v) is 5.22. The van der Waals surface area contributed by atoms with E-state index in [1.54, 1.807) is 18.3 Å². The van der Waals surface area contributed by atoms with Crippen molar-refractivity contribution in [2.45, 2.75) is 32.4 Å². The minimum atomic E-state index is -1.21. The van der Waals surface area contributed by atoms with Crippen molar-refractivity contribution in [2.24, 2.45) is 0 Å². The first-order chi connectivity index (χ1) is 6.12. The van der Waals surface area contributed by atoms with E-state index in [-0.39, 0.29) is 0 Å². The number of aromatic nitrogens is 1. The molecule has 3 heteroatoms. The van der Waals surface area contributed by atoms with Gasteiger partial charge in [0, 0.05) is 11.8 Å². The van der Waals surface area contributed by atoms with Crippen LogP contribution in [0.15, 0.2) is 22.9 Å². The van der Waals surface area contributed by atoms with E-state index < -0.39 is 5.67 Å². The first-order valence-electron chi connectivity index (χ1n) is 4.43. The number of hydrogen-bond donors (Lipinski definition) is 0. The van der Waals surface area contributed by atoms with Crippen LogP contribution in [0.5, 0.6) is 0 Å². The molecule has 1 aromatic rings. The zero-order chi connectivity index (χ0) is 9.90. The molecule has 0 saturated carbocycles. The van der Waals surface area contributed by atoms with Gasteiger partial charge >= 0.3 is 0 Å². The van der Waals surface area contributed by atoms with Crippen molar-refractivity contribution in [3.8, 4) is 0 Å². The normalized spacial score (nSPS) is 11.7. The largest absolute Gasteiger partial charge is 0.249 e. The second-order valence-corrected chi connectivity index (χ2v) is 3.85. The van der Waals surface area contributed by atoms with Crippen molar-refractivity contribution >= 4 is 15.9 Å². The van der Waals surface area contributed by atoms with Gasteiger partial charge in [-0.2, -0.15) is 0 Å². The van der Waals surface area contributed by atoms with Gasteiger partial charge in [0.2, 0.25) is 0 Å². The third-order valence-corrected chi connectivity index (χ3v) is 2.83. The molecule has 0 spiro atoms. The third kappa shape index (κ3) is 2.27. The van der Waals surface area contributed by atoms with Gasteiger partial charge in [0.1, 0.15) is 10.3 Å². The van der Waals surface area contributed by atoms with E-state index in [2.05, 4.69) is 20.9 Å². The predicted molar refractivity (Wildman–Crippen MR) is 55.3 cm³/mol. The first kappa shape index (κ1) is 10.6. The standard InChI is InChI=1S/C10H13BrFN/c1-3-10(12,4-2)8-5-6-9(11)13-7-8/h5-7H,3-4H2,1-2H3. The SMILES string of the molecule is CCC(F)(CC)c1ccc(Br)nc1. The Balaban J connectivity index is 2.99. The highest BCUT2D eigenvalue weighted by Gasteiger charge is 2.27. The predicted octanol–water partition coefficient (Wildman–Crippen LogP) is 3.83. The topological polar surface area (TPSA) is 12.9 Å². The van der Waals surface area contributed by atoms with Crippen molar-refractivity contribution in [3.63, 3.8) is 0 Å². The van der Waals surface area contributed by atoms with Crippen molar-refractivity contribution in [3.05, 3.63) is 28.5 Å². The highest BCUT2D eigenvalue weighted by Crippen LogP contribution is 2.32. The van der Waals surface area contributed by atoms with Gasteiger partial charge in [0.05, 0.1) is 0 Å². The van der Waals surface area contributed by atoms with Gasteiger partial charge in [-0.3, -0.25) is 0 Å². The molecule has 0 aromatic carbocycles. The van der Waals surface area contributed by atoms with E-state index in [9.17, 15) is 4.39 Å². The molecule has 1 heterocycles. The summed E-state index contributed by atoms with van der Waals surface area (Å²) in [6, 6.07) is 3.55. The lowest BCUT2D eigenvalue weighted by molar-refractivity contribution is 0.151. The molecular weight excluding hydrogens is 233 g/mol. The summed E-state index contributed by atoms with van der Waals surface area (Å²) in [7, 11) is 0. The van der Waals surface area contributed by atoms with Gasteiger partial charge < -0.3 is 0 Å². The number of alkyl halides is 1.